The lowest BCUT2D eigenvalue weighted by molar-refractivity contribution is -0.148. The Hall–Kier alpha value is -1.16. The molecule has 128 valence electrons. The van der Waals surface area contributed by atoms with Crippen LogP contribution in [-0.4, -0.2) is 28.0 Å². The van der Waals surface area contributed by atoms with Crippen molar-refractivity contribution < 1.29 is 9.59 Å². The van der Waals surface area contributed by atoms with Crippen molar-refractivity contribution in [2.75, 3.05) is 6.54 Å². The molecule has 0 N–H and O–H groups in total. The quantitative estimate of drug-likeness (QED) is 0.686. The number of amides is 1. The first kappa shape index (κ1) is 16.3. The summed E-state index contributed by atoms with van der Waals surface area (Å²) < 4.78 is 0. The largest absolute Gasteiger partial charge is 0.337 e. The van der Waals surface area contributed by atoms with Crippen LogP contribution < -0.4 is 0 Å². The summed E-state index contributed by atoms with van der Waals surface area (Å²) in [6.07, 6.45) is 2.52. The van der Waals surface area contributed by atoms with Crippen LogP contribution in [0.1, 0.15) is 44.7 Å². The SMILES string of the molecule is CC12CCC(C(=O)N3CCc4ccccc4C3)(C(Br)C1=O)C2(C)C. The van der Waals surface area contributed by atoms with Gasteiger partial charge in [-0.1, -0.05) is 61.0 Å². The minimum absolute atomic E-state index is 0.165. The molecule has 1 amide bonds. The number of benzene rings is 1. The zero-order valence-corrected chi connectivity index (χ0v) is 16.1. The zero-order valence-electron chi connectivity index (χ0n) is 14.6. The van der Waals surface area contributed by atoms with Gasteiger partial charge in [-0.3, -0.25) is 9.59 Å². The molecule has 0 aromatic heterocycles. The van der Waals surface area contributed by atoms with Gasteiger partial charge in [0.2, 0.25) is 5.91 Å². The van der Waals surface area contributed by atoms with Crippen molar-refractivity contribution in [3.8, 4) is 0 Å². The summed E-state index contributed by atoms with van der Waals surface area (Å²) in [4.78, 5) is 28.2. The summed E-state index contributed by atoms with van der Waals surface area (Å²) in [5.74, 6) is 0.378. The van der Waals surface area contributed by atoms with E-state index >= 15 is 0 Å². The number of carbonyl (C=O) groups excluding carboxylic acids is 2. The van der Waals surface area contributed by atoms with Crippen molar-refractivity contribution >= 4 is 27.6 Å². The smallest absolute Gasteiger partial charge is 0.231 e. The van der Waals surface area contributed by atoms with Gasteiger partial charge in [0, 0.05) is 18.5 Å². The number of hydrogen-bond acceptors (Lipinski definition) is 2. The van der Waals surface area contributed by atoms with E-state index in [9.17, 15) is 9.59 Å². The van der Waals surface area contributed by atoms with Crippen LogP contribution >= 0.6 is 15.9 Å². The van der Waals surface area contributed by atoms with E-state index in [1.54, 1.807) is 0 Å². The summed E-state index contributed by atoms with van der Waals surface area (Å²) in [6, 6.07) is 8.36. The van der Waals surface area contributed by atoms with Crippen LogP contribution in [-0.2, 0) is 22.6 Å². The summed E-state index contributed by atoms with van der Waals surface area (Å²) in [5.41, 5.74) is 1.25. The number of halogens is 1. The van der Waals surface area contributed by atoms with E-state index in [-0.39, 0.29) is 21.9 Å². The third-order valence-electron chi connectivity index (χ3n) is 7.52. The molecule has 4 rings (SSSR count). The Kier molecular flexibility index (Phi) is 3.36. The number of hydrogen-bond donors (Lipinski definition) is 0. The molecule has 2 fully saturated rings. The number of Topliss-reactive ketones (excluding diaryl/α,β-unsaturated/α-hetero) is 1. The molecule has 3 nitrogen and oxygen atoms in total. The molecular formula is C20H24BrNO2. The summed E-state index contributed by atoms with van der Waals surface area (Å²) in [7, 11) is 0. The Morgan fingerprint density at radius 1 is 1.17 bits per heavy atom. The van der Waals surface area contributed by atoms with E-state index in [0.717, 1.165) is 25.8 Å². The third kappa shape index (κ3) is 1.68. The van der Waals surface area contributed by atoms with Crippen molar-refractivity contribution in [2.45, 2.75) is 51.4 Å². The minimum Gasteiger partial charge on any atom is -0.337 e. The number of ketones is 1. The van der Waals surface area contributed by atoms with Gasteiger partial charge in [-0.15, -0.1) is 0 Å². The summed E-state index contributed by atoms with van der Waals surface area (Å²) in [5, 5.41) is 0. The fourth-order valence-electron chi connectivity index (χ4n) is 5.38. The topological polar surface area (TPSA) is 37.4 Å². The average Bonchev–Trinajstić information content (AvgIpc) is 2.85. The Labute approximate surface area is 151 Å². The van der Waals surface area contributed by atoms with Crippen molar-refractivity contribution in [2.24, 2.45) is 16.2 Å². The molecule has 1 heterocycles. The van der Waals surface area contributed by atoms with Crippen LogP contribution in [0.2, 0.25) is 0 Å². The molecule has 24 heavy (non-hydrogen) atoms. The number of fused-ring (bicyclic) bond motifs is 3. The fraction of sp³-hybridized carbons (Fsp3) is 0.600. The first-order chi connectivity index (χ1) is 11.3. The molecular weight excluding hydrogens is 366 g/mol. The highest BCUT2D eigenvalue weighted by atomic mass is 79.9. The Balaban J connectivity index is 1.72. The standard InChI is InChI=1S/C20H24BrNO2/c1-18(2)19(3)9-10-20(18,15(21)16(19)23)17(24)22-11-8-13-6-4-5-7-14(13)12-22/h4-7,15H,8-12H2,1-3H3. The van der Waals surface area contributed by atoms with Gasteiger partial charge < -0.3 is 4.90 Å². The molecule has 2 bridgehead atoms. The van der Waals surface area contributed by atoms with Crippen LogP contribution in [0.5, 0.6) is 0 Å². The first-order valence-corrected chi connectivity index (χ1v) is 9.72. The van der Waals surface area contributed by atoms with Gasteiger partial charge in [-0.05, 0) is 35.8 Å². The summed E-state index contributed by atoms with van der Waals surface area (Å²) >= 11 is 3.63. The van der Waals surface area contributed by atoms with Gasteiger partial charge in [0.15, 0.2) is 5.78 Å². The number of nitrogens with zero attached hydrogens (tertiary/aromatic N) is 1. The van der Waals surface area contributed by atoms with Crippen LogP contribution in [0.4, 0.5) is 0 Å². The average molecular weight is 390 g/mol. The molecule has 3 aliphatic rings. The Morgan fingerprint density at radius 2 is 1.83 bits per heavy atom. The Morgan fingerprint density at radius 3 is 2.46 bits per heavy atom. The maximum Gasteiger partial charge on any atom is 0.231 e. The second kappa shape index (κ2) is 4.94. The van der Waals surface area contributed by atoms with Gasteiger partial charge in [-0.25, -0.2) is 0 Å². The summed E-state index contributed by atoms with van der Waals surface area (Å²) in [6.45, 7) is 7.71. The second-order valence-corrected chi connectivity index (χ2v) is 9.32. The number of alkyl halides is 1. The predicted octanol–water partition coefficient (Wildman–Crippen LogP) is 3.73. The van der Waals surface area contributed by atoms with Crippen LogP contribution in [0.25, 0.3) is 0 Å². The van der Waals surface area contributed by atoms with Gasteiger partial charge in [0.1, 0.15) is 0 Å². The van der Waals surface area contributed by atoms with E-state index in [1.165, 1.54) is 11.1 Å². The minimum atomic E-state index is -0.606. The fourth-order valence-corrected chi connectivity index (χ4v) is 6.88. The molecule has 0 saturated heterocycles. The van der Waals surface area contributed by atoms with E-state index in [0.29, 0.717) is 6.54 Å². The predicted molar refractivity (Wildman–Crippen MR) is 96.8 cm³/mol. The van der Waals surface area contributed by atoms with Crippen molar-refractivity contribution in [3.63, 3.8) is 0 Å². The molecule has 1 aromatic rings. The lowest BCUT2D eigenvalue weighted by Gasteiger charge is -2.44. The molecule has 2 saturated carbocycles. The van der Waals surface area contributed by atoms with Gasteiger partial charge in [0.05, 0.1) is 10.2 Å². The van der Waals surface area contributed by atoms with Crippen LogP contribution in [0.15, 0.2) is 24.3 Å². The van der Waals surface area contributed by atoms with E-state index in [2.05, 4.69) is 54.9 Å². The molecule has 3 atom stereocenters. The highest BCUT2D eigenvalue weighted by Crippen LogP contribution is 2.72. The molecule has 0 spiro atoms. The van der Waals surface area contributed by atoms with E-state index in [4.69, 9.17) is 0 Å². The van der Waals surface area contributed by atoms with Gasteiger partial charge >= 0.3 is 0 Å². The van der Waals surface area contributed by atoms with Crippen LogP contribution in [0, 0.1) is 16.2 Å². The lowest BCUT2D eigenvalue weighted by atomic mass is 9.64. The highest BCUT2D eigenvalue weighted by molar-refractivity contribution is 9.10. The van der Waals surface area contributed by atoms with Gasteiger partial charge in [-0.2, -0.15) is 0 Å². The van der Waals surface area contributed by atoms with Crippen molar-refractivity contribution in [1.29, 1.82) is 0 Å². The van der Waals surface area contributed by atoms with Crippen molar-refractivity contribution in [1.82, 2.24) is 4.90 Å². The maximum absolute atomic E-state index is 13.6. The molecule has 4 heteroatoms. The zero-order chi connectivity index (χ0) is 17.3. The van der Waals surface area contributed by atoms with Gasteiger partial charge in [0.25, 0.3) is 0 Å². The Bertz CT molecular complexity index is 743. The van der Waals surface area contributed by atoms with Crippen LogP contribution in [0.3, 0.4) is 0 Å². The second-order valence-electron chi connectivity index (χ2n) is 8.40. The first-order valence-electron chi connectivity index (χ1n) is 8.80. The highest BCUT2D eigenvalue weighted by Gasteiger charge is 2.77. The number of carbonyl (C=O) groups is 2. The normalized spacial score (nSPS) is 36.8. The molecule has 2 aliphatic carbocycles. The maximum atomic E-state index is 13.6. The third-order valence-corrected chi connectivity index (χ3v) is 8.72. The monoisotopic (exact) mass is 389 g/mol. The number of rotatable bonds is 1. The molecule has 3 unspecified atom stereocenters. The lowest BCUT2D eigenvalue weighted by Crippen LogP contribution is -2.53. The molecule has 1 aromatic carbocycles. The van der Waals surface area contributed by atoms with Crippen molar-refractivity contribution in [3.05, 3.63) is 35.4 Å². The molecule has 0 radical (unpaired) electrons. The van der Waals surface area contributed by atoms with E-state index in [1.807, 2.05) is 11.0 Å². The van der Waals surface area contributed by atoms with E-state index < -0.39 is 10.8 Å². The molecule has 1 aliphatic heterocycles.